The number of hydrogen-bond donors (Lipinski definition) is 1. The smallest absolute Gasteiger partial charge is 0.122 e. The standard InChI is InChI=1S/C22H17ClN4/c23-20-11-6-10-19-17(15-24)21(18-9-4-5-13-25-18)22(27(19)20)26-14-12-16-7-2-1-3-8-16/h1-11,13,26H,12,14H2. The van der Waals surface area contributed by atoms with Crippen LogP contribution in [0.15, 0.2) is 72.9 Å². The minimum absolute atomic E-state index is 0.549. The SMILES string of the molecule is N#Cc1c(-c2ccccn2)c(NCCc2ccccc2)n2c(Cl)cccc12. The van der Waals surface area contributed by atoms with E-state index in [9.17, 15) is 5.26 Å². The third-order valence-electron chi connectivity index (χ3n) is 4.49. The summed E-state index contributed by atoms with van der Waals surface area (Å²) in [7, 11) is 0. The Morgan fingerprint density at radius 1 is 1.00 bits per heavy atom. The van der Waals surface area contributed by atoms with E-state index in [2.05, 4.69) is 28.5 Å². The lowest BCUT2D eigenvalue weighted by molar-refractivity contribution is 0.999. The summed E-state index contributed by atoms with van der Waals surface area (Å²) in [5.41, 5.74) is 4.11. The van der Waals surface area contributed by atoms with Gasteiger partial charge in [0, 0.05) is 12.7 Å². The van der Waals surface area contributed by atoms with Crippen molar-refractivity contribution < 1.29 is 0 Å². The van der Waals surface area contributed by atoms with Crippen molar-refractivity contribution in [1.29, 1.82) is 5.26 Å². The number of halogens is 1. The van der Waals surface area contributed by atoms with Gasteiger partial charge in [0.15, 0.2) is 0 Å². The van der Waals surface area contributed by atoms with Crippen LogP contribution >= 0.6 is 11.6 Å². The number of benzene rings is 1. The topological polar surface area (TPSA) is 53.1 Å². The summed E-state index contributed by atoms with van der Waals surface area (Å²) < 4.78 is 1.88. The Labute approximate surface area is 162 Å². The summed E-state index contributed by atoms with van der Waals surface area (Å²) in [4.78, 5) is 4.46. The number of nitrogens with one attached hydrogen (secondary N) is 1. The molecule has 3 heterocycles. The summed E-state index contributed by atoms with van der Waals surface area (Å²) >= 11 is 6.48. The maximum Gasteiger partial charge on any atom is 0.122 e. The van der Waals surface area contributed by atoms with E-state index in [1.807, 2.05) is 59.0 Å². The lowest BCUT2D eigenvalue weighted by atomic mass is 10.1. The summed E-state index contributed by atoms with van der Waals surface area (Å²) in [5, 5.41) is 13.9. The van der Waals surface area contributed by atoms with E-state index >= 15 is 0 Å². The largest absolute Gasteiger partial charge is 0.370 e. The van der Waals surface area contributed by atoms with Crippen molar-refractivity contribution in [3.05, 3.63) is 89.2 Å². The Balaban J connectivity index is 1.81. The lowest BCUT2D eigenvalue weighted by Crippen LogP contribution is -2.08. The van der Waals surface area contributed by atoms with Gasteiger partial charge in [-0.3, -0.25) is 9.38 Å². The molecule has 0 saturated heterocycles. The number of fused-ring (bicyclic) bond motifs is 1. The van der Waals surface area contributed by atoms with Gasteiger partial charge >= 0.3 is 0 Å². The summed E-state index contributed by atoms with van der Waals surface area (Å²) in [6, 6.07) is 23.9. The van der Waals surface area contributed by atoms with Gasteiger partial charge in [0.2, 0.25) is 0 Å². The van der Waals surface area contributed by atoms with Gasteiger partial charge in [-0.25, -0.2) is 0 Å². The second kappa shape index (κ2) is 7.53. The Kier molecular flexibility index (Phi) is 4.78. The van der Waals surface area contributed by atoms with Gasteiger partial charge in [-0.2, -0.15) is 5.26 Å². The molecule has 0 aliphatic carbocycles. The number of nitrogens with zero attached hydrogens (tertiary/aromatic N) is 3. The molecule has 0 radical (unpaired) electrons. The van der Waals surface area contributed by atoms with E-state index in [1.165, 1.54) is 5.56 Å². The van der Waals surface area contributed by atoms with Crippen LogP contribution in [0, 0.1) is 11.3 Å². The van der Waals surface area contributed by atoms with Gasteiger partial charge in [-0.05, 0) is 36.2 Å². The van der Waals surface area contributed by atoms with Crippen molar-refractivity contribution in [3.63, 3.8) is 0 Å². The monoisotopic (exact) mass is 372 g/mol. The average molecular weight is 373 g/mol. The molecule has 4 aromatic rings. The zero-order valence-electron chi connectivity index (χ0n) is 14.6. The van der Waals surface area contributed by atoms with Crippen LogP contribution in [0.25, 0.3) is 16.8 Å². The van der Waals surface area contributed by atoms with Crippen molar-refractivity contribution in [2.45, 2.75) is 6.42 Å². The van der Waals surface area contributed by atoms with E-state index in [1.54, 1.807) is 6.20 Å². The first-order valence-electron chi connectivity index (χ1n) is 8.72. The number of hydrogen-bond acceptors (Lipinski definition) is 3. The van der Waals surface area contributed by atoms with Crippen molar-refractivity contribution in [1.82, 2.24) is 9.38 Å². The highest BCUT2D eigenvalue weighted by molar-refractivity contribution is 6.30. The molecule has 0 saturated carbocycles. The van der Waals surface area contributed by atoms with Gasteiger partial charge in [-0.1, -0.05) is 54.1 Å². The molecule has 0 bridgehead atoms. The van der Waals surface area contributed by atoms with Crippen molar-refractivity contribution in [2.24, 2.45) is 0 Å². The van der Waals surface area contributed by atoms with Crippen molar-refractivity contribution in [3.8, 4) is 17.3 Å². The fraction of sp³-hybridized carbons (Fsp3) is 0.0909. The van der Waals surface area contributed by atoms with Crippen molar-refractivity contribution in [2.75, 3.05) is 11.9 Å². The number of anilines is 1. The number of rotatable bonds is 5. The highest BCUT2D eigenvalue weighted by Crippen LogP contribution is 2.37. The zero-order chi connectivity index (χ0) is 18.6. The maximum absolute atomic E-state index is 9.82. The Hall–Kier alpha value is -3.29. The molecule has 0 aliphatic rings. The summed E-state index contributed by atoms with van der Waals surface area (Å²) in [5.74, 6) is 0.793. The molecule has 0 atom stereocenters. The molecular formula is C22H17ClN4. The van der Waals surface area contributed by atoms with Crippen LogP contribution in [-0.4, -0.2) is 15.9 Å². The predicted octanol–water partition coefficient (Wildman–Crippen LogP) is 5.18. The molecule has 5 heteroatoms. The molecule has 0 unspecified atom stereocenters. The van der Waals surface area contributed by atoms with E-state index in [-0.39, 0.29) is 0 Å². The van der Waals surface area contributed by atoms with Crippen LogP contribution in [0.5, 0.6) is 0 Å². The van der Waals surface area contributed by atoms with Crippen LogP contribution in [0.4, 0.5) is 5.82 Å². The summed E-state index contributed by atoms with van der Waals surface area (Å²) in [6.45, 7) is 0.714. The third kappa shape index (κ3) is 3.25. The Bertz CT molecular complexity index is 1110. The Morgan fingerprint density at radius 3 is 2.56 bits per heavy atom. The van der Waals surface area contributed by atoms with E-state index in [0.29, 0.717) is 17.3 Å². The third-order valence-corrected chi connectivity index (χ3v) is 4.79. The van der Waals surface area contributed by atoms with Gasteiger partial charge in [-0.15, -0.1) is 0 Å². The number of aromatic nitrogens is 2. The second-order valence-corrected chi connectivity index (χ2v) is 6.54. The minimum atomic E-state index is 0.549. The van der Waals surface area contributed by atoms with Crippen LogP contribution < -0.4 is 5.32 Å². The normalized spacial score (nSPS) is 10.7. The molecule has 1 N–H and O–H groups in total. The fourth-order valence-electron chi connectivity index (χ4n) is 3.27. The van der Waals surface area contributed by atoms with E-state index in [4.69, 9.17) is 11.6 Å². The molecule has 0 fully saturated rings. The molecule has 4 nitrogen and oxygen atoms in total. The molecular weight excluding hydrogens is 356 g/mol. The van der Waals surface area contributed by atoms with Gasteiger partial charge in [0.25, 0.3) is 0 Å². The maximum atomic E-state index is 9.82. The first-order valence-corrected chi connectivity index (χ1v) is 9.09. The quantitative estimate of drug-likeness (QED) is 0.491. The second-order valence-electron chi connectivity index (χ2n) is 6.16. The van der Waals surface area contributed by atoms with E-state index < -0.39 is 0 Å². The van der Waals surface area contributed by atoms with Crippen LogP contribution in [0.2, 0.25) is 5.15 Å². The molecule has 0 amide bonds. The number of nitriles is 1. The molecule has 1 aromatic carbocycles. The lowest BCUT2D eigenvalue weighted by Gasteiger charge is -2.11. The molecule has 0 aliphatic heterocycles. The summed E-state index contributed by atoms with van der Waals surface area (Å²) in [6.07, 6.45) is 2.59. The van der Waals surface area contributed by atoms with Crippen LogP contribution in [0.1, 0.15) is 11.1 Å². The highest BCUT2D eigenvalue weighted by Gasteiger charge is 2.21. The van der Waals surface area contributed by atoms with Gasteiger partial charge < -0.3 is 5.32 Å². The van der Waals surface area contributed by atoms with E-state index in [0.717, 1.165) is 29.0 Å². The molecule has 27 heavy (non-hydrogen) atoms. The predicted molar refractivity (Wildman–Crippen MR) is 109 cm³/mol. The number of pyridine rings is 2. The van der Waals surface area contributed by atoms with Crippen LogP contribution in [-0.2, 0) is 6.42 Å². The van der Waals surface area contributed by atoms with Crippen molar-refractivity contribution >= 4 is 22.9 Å². The zero-order valence-corrected chi connectivity index (χ0v) is 15.3. The molecule has 0 spiro atoms. The fourth-order valence-corrected chi connectivity index (χ4v) is 3.52. The molecule has 132 valence electrons. The van der Waals surface area contributed by atoms with Gasteiger partial charge in [0.05, 0.1) is 22.3 Å². The average Bonchev–Trinajstić information content (AvgIpc) is 3.04. The van der Waals surface area contributed by atoms with Gasteiger partial charge in [0.1, 0.15) is 17.0 Å². The van der Waals surface area contributed by atoms with Crippen LogP contribution in [0.3, 0.4) is 0 Å². The minimum Gasteiger partial charge on any atom is -0.370 e. The molecule has 3 aromatic heterocycles. The first kappa shape index (κ1) is 17.1. The first-order chi connectivity index (χ1) is 13.3. The molecule has 4 rings (SSSR count). The highest BCUT2D eigenvalue weighted by atomic mass is 35.5. The Morgan fingerprint density at radius 2 is 1.81 bits per heavy atom.